The molecule has 0 aliphatic rings. The summed E-state index contributed by atoms with van der Waals surface area (Å²) >= 11 is 6.08. The highest BCUT2D eigenvalue weighted by atomic mass is 35.5. The molecule has 0 bridgehead atoms. The number of phenolic OH excluding ortho intramolecular Hbond substituents is 1. The zero-order valence-electron chi connectivity index (χ0n) is 12.7. The molecule has 0 saturated carbocycles. The number of phenols is 1. The van der Waals surface area contributed by atoms with Gasteiger partial charge in [-0.1, -0.05) is 17.7 Å². The summed E-state index contributed by atoms with van der Waals surface area (Å²) in [6.45, 7) is 1.91. The fourth-order valence-electron chi connectivity index (χ4n) is 2.86. The number of aromatic amines is 1. The van der Waals surface area contributed by atoms with Crippen molar-refractivity contribution in [1.82, 2.24) is 14.8 Å². The third-order valence-corrected chi connectivity index (χ3v) is 4.29. The number of benzene rings is 2. The number of nitrogens with zero attached hydrogens (tertiary/aromatic N) is 2. The monoisotopic (exact) mass is 340 g/mol. The lowest BCUT2D eigenvalue weighted by Gasteiger charge is -2.07. The smallest absolute Gasteiger partial charge is 0.261 e. The van der Waals surface area contributed by atoms with Crippen molar-refractivity contribution in [1.29, 1.82) is 0 Å². The number of aromatic nitrogens is 3. The molecule has 4 N–H and O–H groups in total. The highest BCUT2D eigenvalue weighted by Gasteiger charge is 2.17. The third kappa shape index (κ3) is 2.04. The van der Waals surface area contributed by atoms with Gasteiger partial charge in [0.1, 0.15) is 22.5 Å². The van der Waals surface area contributed by atoms with Crippen molar-refractivity contribution in [2.75, 3.05) is 5.73 Å². The van der Waals surface area contributed by atoms with Gasteiger partial charge in [0.2, 0.25) is 0 Å². The van der Waals surface area contributed by atoms with E-state index < -0.39 is 0 Å². The SMILES string of the molecule is Cc1ccc(Cl)cc1-n1nc2c(c1N)c(=O)[nH]c1cc(O)ccc12. The molecule has 0 spiro atoms. The predicted octanol–water partition coefficient (Wildman–Crippen LogP) is 3.12. The Hall–Kier alpha value is -2.99. The first kappa shape index (κ1) is 14.6. The van der Waals surface area contributed by atoms with Gasteiger partial charge < -0.3 is 15.8 Å². The zero-order valence-corrected chi connectivity index (χ0v) is 13.4. The summed E-state index contributed by atoms with van der Waals surface area (Å²) in [6, 6.07) is 10.1. The molecule has 0 aliphatic carbocycles. The van der Waals surface area contributed by atoms with Gasteiger partial charge in [0, 0.05) is 16.5 Å². The summed E-state index contributed by atoms with van der Waals surface area (Å²) in [6.07, 6.45) is 0. The lowest BCUT2D eigenvalue weighted by Crippen LogP contribution is -2.08. The second-order valence-corrected chi connectivity index (χ2v) is 6.07. The maximum Gasteiger partial charge on any atom is 0.261 e. The van der Waals surface area contributed by atoms with Crippen LogP contribution < -0.4 is 11.3 Å². The molecule has 120 valence electrons. The van der Waals surface area contributed by atoms with Gasteiger partial charge in [0.25, 0.3) is 5.56 Å². The van der Waals surface area contributed by atoms with Crippen LogP contribution in [0.3, 0.4) is 0 Å². The average molecular weight is 341 g/mol. The minimum atomic E-state index is -0.355. The quantitative estimate of drug-likeness (QED) is 0.496. The fraction of sp³-hybridized carbons (Fsp3) is 0.0588. The molecule has 0 saturated heterocycles. The number of rotatable bonds is 1. The molecule has 24 heavy (non-hydrogen) atoms. The molecule has 4 rings (SSSR count). The Balaban J connectivity index is 2.15. The molecular formula is C17H13ClN4O2. The second-order valence-electron chi connectivity index (χ2n) is 5.64. The number of hydrogen-bond acceptors (Lipinski definition) is 4. The molecule has 4 aromatic rings. The number of nitrogens with two attached hydrogens (primary N) is 1. The molecule has 2 aromatic heterocycles. The Kier molecular flexibility index (Phi) is 3.04. The Morgan fingerprint density at radius 2 is 2.04 bits per heavy atom. The van der Waals surface area contributed by atoms with Crippen molar-refractivity contribution in [2.45, 2.75) is 6.92 Å². The number of nitrogens with one attached hydrogen (secondary N) is 1. The number of H-pyrrole nitrogens is 1. The first-order valence-corrected chi connectivity index (χ1v) is 7.63. The summed E-state index contributed by atoms with van der Waals surface area (Å²) in [4.78, 5) is 15.2. The molecule has 0 aliphatic heterocycles. The van der Waals surface area contributed by atoms with E-state index >= 15 is 0 Å². The molecule has 0 fully saturated rings. The largest absolute Gasteiger partial charge is 0.508 e. The van der Waals surface area contributed by atoms with E-state index in [-0.39, 0.29) is 17.1 Å². The standard InChI is InChI=1S/C17H13ClN4O2/c1-8-2-3-9(18)6-13(8)22-16(19)14-15(21-22)11-5-4-10(23)7-12(11)20-17(14)24/h2-7,23H,19H2,1H3,(H,20,24). The summed E-state index contributed by atoms with van der Waals surface area (Å²) in [5.74, 6) is 0.308. The lowest BCUT2D eigenvalue weighted by atomic mass is 10.1. The predicted molar refractivity (Wildman–Crippen MR) is 95.0 cm³/mol. The Morgan fingerprint density at radius 1 is 1.25 bits per heavy atom. The van der Waals surface area contributed by atoms with Gasteiger partial charge in [-0.15, -0.1) is 0 Å². The van der Waals surface area contributed by atoms with Crippen LogP contribution >= 0.6 is 11.6 Å². The van der Waals surface area contributed by atoms with Crippen molar-refractivity contribution in [3.8, 4) is 11.4 Å². The van der Waals surface area contributed by atoms with E-state index in [1.165, 1.54) is 10.7 Å². The van der Waals surface area contributed by atoms with Gasteiger partial charge in [0.05, 0.1) is 11.2 Å². The molecule has 0 amide bonds. The van der Waals surface area contributed by atoms with Crippen LogP contribution in [0.25, 0.3) is 27.5 Å². The van der Waals surface area contributed by atoms with Crippen LogP contribution in [-0.2, 0) is 0 Å². The van der Waals surface area contributed by atoms with E-state index in [1.807, 2.05) is 13.0 Å². The van der Waals surface area contributed by atoms with E-state index in [0.717, 1.165) is 5.56 Å². The molecule has 7 heteroatoms. The van der Waals surface area contributed by atoms with E-state index in [9.17, 15) is 9.90 Å². The minimum Gasteiger partial charge on any atom is -0.508 e. The van der Waals surface area contributed by atoms with Gasteiger partial charge in [-0.2, -0.15) is 5.10 Å². The molecule has 6 nitrogen and oxygen atoms in total. The first-order valence-electron chi connectivity index (χ1n) is 7.25. The van der Waals surface area contributed by atoms with Crippen LogP contribution in [0.4, 0.5) is 5.82 Å². The van der Waals surface area contributed by atoms with Gasteiger partial charge in [-0.25, -0.2) is 4.68 Å². The van der Waals surface area contributed by atoms with Crippen LogP contribution in [-0.4, -0.2) is 19.9 Å². The van der Waals surface area contributed by atoms with E-state index in [2.05, 4.69) is 10.1 Å². The number of fused-ring (bicyclic) bond motifs is 3. The summed E-state index contributed by atoms with van der Waals surface area (Å²) in [5, 5.41) is 15.7. The van der Waals surface area contributed by atoms with Crippen molar-refractivity contribution in [3.05, 3.63) is 57.3 Å². The number of anilines is 1. The molecular weight excluding hydrogens is 328 g/mol. The summed E-state index contributed by atoms with van der Waals surface area (Å²) in [7, 11) is 0. The van der Waals surface area contributed by atoms with Gasteiger partial charge in [-0.3, -0.25) is 4.79 Å². The lowest BCUT2D eigenvalue weighted by molar-refractivity contribution is 0.476. The molecule has 0 atom stereocenters. The highest BCUT2D eigenvalue weighted by Crippen LogP contribution is 2.29. The maximum absolute atomic E-state index is 12.4. The topological polar surface area (TPSA) is 96.9 Å². The van der Waals surface area contributed by atoms with Crippen LogP contribution in [0.1, 0.15) is 5.56 Å². The average Bonchev–Trinajstić information content (AvgIpc) is 2.87. The van der Waals surface area contributed by atoms with E-state index in [1.54, 1.807) is 24.3 Å². The third-order valence-electron chi connectivity index (χ3n) is 4.05. The minimum absolute atomic E-state index is 0.0654. The Morgan fingerprint density at radius 3 is 2.83 bits per heavy atom. The normalized spacial score (nSPS) is 11.4. The van der Waals surface area contributed by atoms with Crippen molar-refractivity contribution >= 4 is 39.2 Å². The number of hydrogen-bond donors (Lipinski definition) is 3. The summed E-state index contributed by atoms with van der Waals surface area (Å²) < 4.78 is 1.52. The van der Waals surface area contributed by atoms with Crippen molar-refractivity contribution in [3.63, 3.8) is 0 Å². The molecule has 2 heterocycles. The maximum atomic E-state index is 12.4. The van der Waals surface area contributed by atoms with Crippen molar-refractivity contribution in [2.24, 2.45) is 0 Å². The van der Waals surface area contributed by atoms with Crippen LogP contribution in [0, 0.1) is 6.92 Å². The number of halogens is 1. The summed E-state index contributed by atoms with van der Waals surface area (Å²) in [5.41, 5.74) is 8.46. The van der Waals surface area contributed by atoms with Crippen LogP contribution in [0.5, 0.6) is 5.75 Å². The van der Waals surface area contributed by atoms with E-state index in [0.29, 0.717) is 32.5 Å². The second kappa shape index (κ2) is 5.01. The molecule has 0 unspecified atom stereocenters. The van der Waals surface area contributed by atoms with Gasteiger partial charge in [-0.05, 0) is 36.8 Å². The molecule has 0 radical (unpaired) electrons. The molecule has 2 aromatic carbocycles. The number of aromatic hydroxyl groups is 1. The number of pyridine rings is 1. The van der Waals surface area contributed by atoms with Gasteiger partial charge in [0.15, 0.2) is 0 Å². The van der Waals surface area contributed by atoms with Gasteiger partial charge >= 0.3 is 0 Å². The highest BCUT2D eigenvalue weighted by molar-refractivity contribution is 6.30. The first-order chi connectivity index (χ1) is 11.5. The van der Waals surface area contributed by atoms with Crippen LogP contribution in [0.2, 0.25) is 5.02 Å². The van der Waals surface area contributed by atoms with E-state index in [4.69, 9.17) is 17.3 Å². The zero-order chi connectivity index (χ0) is 17.0. The fourth-order valence-corrected chi connectivity index (χ4v) is 3.03. The van der Waals surface area contributed by atoms with Crippen LogP contribution in [0.15, 0.2) is 41.2 Å². The number of nitrogen functional groups attached to an aromatic ring is 1. The van der Waals surface area contributed by atoms with Crippen molar-refractivity contribution < 1.29 is 5.11 Å². The number of aryl methyl sites for hydroxylation is 1. The Bertz CT molecular complexity index is 1180. The Labute approximate surface area is 141 Å².